The predicted octanol–water partition coefficient (Wildman–Crippen LogP) is 5.06. The molecule has 1 aliphatic rings. The highest BCUT2D eigenvalue weighted by atomic mass is 35.5. The molecule has 1 aromatic heterocycles. The second kappa shape index (κ2) is 12.1. The SMILES string of the molecule is Cc1ccc(CN(Cc2ccc3c(c2)OCO3)C(=O)CN(CC(C)C)C(=O)COc2ccc(Cl)cc2)o1. The average Bonchev–Trinajstić information content (AvgIpc) is 3.50. The van der Waals surface area contributed by atoms with Crippen LogP contribution < -0.4 is 14.2 Å². The summed E-state index contributed by atoms with van der Waals surface area (Å²) in [4.78, 5) is 29.9. The van der Waals surface area contributed by atoms with Gasteiger partial charge in [-0.15, -0.1) is 0 Å². The van der Waals surface area contributed by atoms with Gasteiger partial charge in [0.2, 0.25) is 12.7 Å². The third-order valence-electron chi connectivity index (χ3n) is 5.75. The molecule has 4 rings (SSSR count). The number of fused-ring (bicyclic) bond motifs is 1. The highest BCUT2D eigenvalue weighted by Crippen LogP contribution is 2.33. The number of ether oxygens (including phenoxy) is 3. The molecule has 0 spiro atoms. The van der Waals surface area contributed by atoms with E-state index in [1.807, 2.05) is 51.1 Å². The highest BCUT2D eigenvalue weighted by molar-refractivity contribution is 6.30. The molecule has 1 aliphatic heterocycles. The van der Waals surface area contributed by atoms with E-state index < -0.39 is 0 Å². The van der Waals surface area contributed by atoms with Crippen molar-refractivity contribution in [1.29, 1.82) is 0 Å². The Morgan fingerprint density at radius 2 is 1.70 bits per heavy atom. The maximum Gasteiger partial charge on any atom is 0.260 e. The van der Waals surface area contributed by atoms with Crippen molar-refractivity contribution in [2.75, 3.05) is 26.5 Å². The molecule has 0 radical (unpaired) electrons. The summed E-state index contributed by atoms with van der Waals surface area (Å²) in [6, 6.07) is 16.1. The number of carbonyl (C=O) groups is 2. The van der Waals surface area contributed by atoms with Crippen LogP contribution in [0.3, 0.4) is 0 Å². The van der Waals surface area contributed by atoms with Crippen LogP contribution in [0.5, 0.6) is 17.2 Å². The summed E-state index contributed by atoms with van der Waals surface area (Å²) in [6.45, 7) is 6.79. The van der Waals surface area contributed by atoms with Crippen molar-refractivity contribution in [2.24, 2.45) is 5.92 Å². The molecule has 3 aromatic rings. The molecule has 2 amide bonds. The number of halogens is 1. The lowest BCUT2D eigenvalue weighted by Gasteiger charge is -2.28. The number of hydrogen-bond acceptors (Lipinski definition) is 6. The maximum atomic E-state index is 13.6. The normalized spacial score (nSPS) is 12.0. The summed E-state index contributed by atoms with van der Waals surface area (Å²) in [5, 5.41) is 0.583. The highest BCUT2D eigenvalue weighted by Gasteiger charge is 2.24. The van der Waals surface area contributed by atoms with E-state index in [0.717, 1.165) is 11.3 Å². The molecule has 0 atom stereocenters. The average molecular weight is 527 g/mol. The number of carbonyl (C=O) groups excluding carboxylic acids is 2. The van der Waals surface area contributed by atoms with Crippen LogP contribution in [0.2, 0.25) is 5.02 Å². The van der Waals surface area contributed by atoms with Gasteiger partial charge in [0, 0.05) is 18.1 Å². The standard InChI is InChI=1S/C28H31ClN2O6/c1-19(2)13-30(28(33)17-34-23-9-6-22(29)7-10-23)16-27(32)31(15-24-8-4-20(3)37-24)14-21-5-11-25-26(12-21)36-18-35-25/h4-12,19H,13-18H2,1-3H3. The summed E-state index contributed by atoms with van der Waals surface area (Å²) < 4.78 is 22.3. The molecule has 8 nitrogen and oxygen atoms in total. The topological polar surface area (TPSA) is 81.5 Å². The molecule has 0 saturated heterocycles. The minimum Gasteiger partial charge on any atom is -0.484 e. The van der Waals surface area contributed by atoms with Crippen LogP contribution in [0.15, 0.2) is 59.0 Å². The van der Waals surface area contributed by atoms with Crippen molar-refractivity contribution >= 4 is 23.4 Å². The number of nitrogens with zero attached hydrogens (tertiary/aromatic N) is 2. The van der Waals surface area contributed by atoms with Crippen LogP contribution in [-0.4, -0.2) is 48.1 Å². The zero-order valence-electron chi connectivity index (χ0n) is 21.2. The van der Waals surface area contributed by atoms with Gasteiger partial charge < -0.3 is 28.4 Å². The molecule has 2 aromatic carbocycles. The minimum absolute atomic E-state index is 0.0781. The number of amides is 2. The number of hydrogen-bond donors (Lipinski definition) is 0. The Balaban J connectivity index is 1.47. The fraction of sp³-hybridized carbons (Fsp3) is 0.357. The summed E-state index contributed by atoms with van der Waals surface area (Å²) in [7, 11) is 0. The molecular weight excluding hydrogens is 496 g/mol. The Morgan fingerprint density at radius 3 is 2.41 bits per heavy atom. The lowest BCUT2D eigenvalue weighted by Crippen LogP contribution is -2.45. The van der Waals surface area contributed by atoms with Crippen LogP contribution in [0.1, 0.15) is 30.9 Å². The largest absolute Gasteiger partial charge is 0.484 e. The van der Waals surface area contributed by atoms with Crippen LogP contribution in [0, 0.1) is 12.8 Å². The van der Waals surface area contributed by atoms with E-state index in [-0.39, 0.29) is 44.2 Å². The molecule has 2 heterocycles. The monoisotopic (exact) mass is 526 g/mol. The van der Waals surface area contributed by atoms with Gasteiger partial charge in [-0.2, -0.15) is 0 Å². The van der Waals surface area contributed by atoms with Gasteiger partial charge in [0.1, 0.15) is 17.3 Å². The van der Waals surface area contributed by atoms with Crippen LogP contribution in [0.25, 0.3) is 0 Å². The van der Waals surface area contributed by atoms with Gasteiger partial charge in [0.25, 0.3) is 5.91 Å². The van der Waals surface area contributed by atoms with Gasteiger partial charge in [-0.05, 0) is 66.9 Å². The number of benzene rings is 2. The second-order valence-corrected chi connectivity index (χ2v) is 9.80. The molecule has 0 fully saturated rings. The fourth-order valence-corrected chi connectivity index (χ4v) is 4.10. The van der Waals surface area contributed by atoms with E-state index in [1.54, 1.807) is 34.1 Å². The fourth-order valence-electron chi connectivity index (χ4n) is 3.98. The third kappa shape index (κ3) is 7.43. The van der Waals surface area contributed by atoms with E-state index in [4.69, 9.17) is 30.2 Å². The Bertz CT molecular complexity index is 1220. The molecule has 37 heavy (non-hydrogen) atoms. The van der Waals surface area contributed by atoms with Gasteiger partial charge in [0.05, 0.1) is 13.1 Å². The Labute approximate surface area is 221 Å². The molecule has 9 heteroatoms. The van der Waals surface area contributed by atoms with Gasteiger partial charge in [-0.3, -0.25) is 9.59 Å². The van der Waals surface area contributed by atoms with Crippen molar-refractivity contribution in [1.82, 2.24) is 9.80 Å². The quantitative estimate of drug-likeness (QED) is 0.347. The number of aryl methyl sites for hydroxylation is 1. The van der Waals surface area contributed by atoms with Gasteiger partial charge in [0.15, 0.2) is 18.1 Å². The van der Waals surface area contributed by atoms with Crippen molar-refractivity contribution in [2.45, 2.75) is 33.9 Å². The summed E-state index contributed by atoms with van der Waals surface area (Å²) in [5.41, 5.74) is 0.883. The van der Waals surface area contributed by atoms with Crippen LogP contribution in [-0.2, 0) is 22.7 Å². The first-order valence-corrected chi connectivity index (χ1v) is 12.5. The maximum absolute atomic E-state index is 13.6. The summed E-state index contributed by atoms with van der Waals surface area (Å²) >= 11 is 5.92. The zero-order valence-corrected chi connectivity index (χ0v) is 22.0. The Hall–Kier alpha value is -3.65. The molecule has 0 aliphatic carbocycles. The first-order chi connectivity index (χ1) is 17.8. The van der Waals surface area contributed by atoms with E-state index in [2.05, 4.69) is 0 Å². The first-order valence-electron chi connectivity index (χ1n) is 12.1. The van der Waals surface area contributed by atoms with E-state index in [1.165, 1.54) is 0 Å². The van der Waals surface area contributed by atoms with Gasteiger partial charge in [-0.25, -0.2) is 0 Å². The zero-order chi connectivity index (χ0) is 26.4. The number of furan rings is 1. The predicted molar refractivity (Wildman–Crippen MR) is 139 cm³/mol. The second-order valence-electron chi connectivity index (χ2n) is 9.36. The molecule has 0 N–H and O–H groups in total. The third-order valence-corrected chi connectivity index (χ3v) is 6.00. The number of rotatable bonds is 11. The molecule has 0 saturated carbocycles. The van der Waals surface area contributed by atoms with Crippen molar-refractivity contribution in [3.8, 4) is 17.2 Å². The van der Waals surface area contributed by atoms with Crippen molar-refractivity contribution in [3.63, 3.8) is 0 Å². The summed E-state index contributed by atoms with van der Waals surface area (Å²) in [6.07, 6.45) is 0. The smallest absolute Gasteiger partial charge is 0.260 e. The molecule has 196 valence electrons. The van der Waals surface area contributed by atoms with Crippen LogP contribution >= 0.6 is 11.6 Å². The van der Waals surface area contributed by atoms with E-state index >= 15 is 0 Å². The molecule has 0 unspecified atom stereocenters. The minimum atomic E-state index is -0.270. The first kappa shape index (κ1) is 26.4. The van der Waals surface area contributed by atoms with Crippen molar-refractivity contribution < 1.29 is 28.2 Å². The van der Waals surface area contributed by atoms with Crippen molar-refractivity contribution in [3.05, 3.63) is 76.7 Å². The van der Waals surface area contributed by atoms with Gasteiger partial charge >= 0.3 is 0 Å². The Kier molecular flexibility index (Phi) is 8.61. The van der Waals surface area contributed by atoms with E-state index in [0.29, 0.717) is 41.1 Å². The van der Waals surface area contributed by atoms with Crippen LogP contribution in [0.4, 0.5) is 0 Å². The van der Waals surface area contributed by atoms with E-state index in [9.17, 15) is 9.59 Å². The lowest BCUT2D eigenvalue weighted by molar-refractivity contribution is -0.142. The summed E-state index contributed by atoms with van der Waals surface area (Å²) in [5.74, 6) is 2.99. The Morgan fingerprint density at radius 1 is 0.946 bits per heavy atom. The lowest BCUT2D eigenvalue weighted by atomic mass is 10.1. The molecular formula is C28H31ClN2O6. The van der Waals surface area contributed by atoms with Gasteiger partial charge in [-0.1, -0.05) is 31.5 Å². The molecule has 0 bridgehead atoms.